The Hall–Kier alpha value is -1.32. The van der Waals surface area contributed by atoms with Crippen LogP contribution in [-0.4, -0.2) is 64.9 Å². The van der Waals surface area contributed by atoms with E-state index in [2.05, 4.69) is 39.7 Å². The third-order valence-electron chi connectivity index (χ3n) is 4.04. The fourth-order valence-electron chi connectivity index (χ4n) is 2.64. The van der Waals surface area contributed by atoms with Gasteiger partial charge in [0, 0.05) is 58.8 Å². The summed E-state index contributed by atoms with van der Waals surface area (Å²) in [6.45, 7) is 4.45. The molecule has 26 heavy (non-hydrogen) atoms. The highest BCUT2D eigenvalue weighted by Gasteiger charge is 2.04. The van der Waals surface area contributed by atoms with Gasteiger partial charge >= 0.3 is 0 Å². The van der Waals surface area contributed by atoms with Crippen molar-refractivity contribution in [2.75, 3.05) is 54.0 Å². The number of aliphatic imine (C=N–C) groups is 1. The Bertz CT molecular complexity index is 627. The summed E-state index contributed by atoms with van der Waals surface area (Å²) in [6, 6.07) is 10.2. The number of hydrogen-bond donors (Lipinski definition) is 2. The summed E-state index contributed by atoms with van der Waals surface area (Å²) < 4.78 is 10.9. The van der Waals surface area contributed by atoms with Crippen LogP contribution in [0.25, 0.3) is 11.0 Å². The number of benzene rings is 1. The molecule has 0 bridgehead atoms. The van der Waals surface area contributed by atoms with Gasteiger partial charge in [0.15, 0.2) is 5.96 Å². The zero-order chi connectivity index (χ0) is 17.9. The van der Waals surface area contributed by atoms with E-state index in [0.717, 1.165) is 68.3 Å². The predicted octanol–water partition coefficient (Wildman–Crippen LogP) is 2.73. The number of likely N-dealkylation sites (N-methyl/N-ethyl adjacent to an activating group) is 1. The van der Waals surface area contributed by atoms with Gasteiger partial charge in [0.05, 0.1) is 0 Å². The van der Waals surface area contributed by atoms with Crippen molar-refractivity contribution < 1.29 is 9.15 Å². The van der Waals surface area contributed by atoms with E-state index in [1.165, 1.54) is 0 Å². The molecule has 0 spiro atoms. The molecular weight excluding hydrogens is 443 g/mol. The monoisotopic (exact) mass is 474 g/mol. The van der Waals surface area contributed by atoms with Gasteiger partial charge in [-0.2, -0.15) is 0 Å². The Morgan fingerprint density at radius 1 is 1.19 bits per heavy atom. The Labute approximate surface area is 173 Å². The van der Waals surface area contributed by atoms with Crippen molar-refractivity contribution in [2.45, 2.75) is 12.8 Å². The average Bonchev–Trinajstić information content (AvgIpc) is 3.03. The van der Waals surface area contributed by atoms with Crippen molar-refractivity contribution >= 4 is 40.9 Å². The topological polar surface area (TPSA) is 62.0 Å². The average molecular weight is 474 g/mol. The smallest absolute Gasteiger partial charge is 0.191 e. The van der Waals surface area contributed by atoms with Crippen LogP contribution in [0.3, 0.4) is 0 Å². The molecule has 0 saturated carbocycles. The van der Waals surface area contributed by atoms with Crippen molar-refractivity contribution in [2.24, 2.45) is 4.99 Å². The summed E-state index contributed by atoms with van der Waals surface area (Å²) in [5.74, 6) is 1.81. The molecule has 0 unspecified atom stereocenters. The molecule has 2 aromatic rings. The molecule has 6 nitrogen and oxygen atoms in total. The quantitative estimate of drug-likeness (QED) is 0.240. The first-order valence-electron chi connectivity index (χ1n) is 8.82. The van der Waals surface area contributed by atoms with E-state index < -0.39 is 0 Å². The fourth-order valence-corrected chi connectivity index (χ4v) is 2.64. The van der Waals surface area contributed by atoms with Gasteiger partial charge in [-0.15, -0.1) is 24.0 Å². The first-order chi connectivity index (χ1) is 12.2. The zero-order valence-corrected chi connectivity index (χ0v) is 18.3. The highest BCUT2D eigenvalue weighted by molar-refractivity contribution is 14.0. The van der Waals surface area contributed by atoms with Crippen LogP contribution in [0, 0.1) is 0 Å². The minimum Gasteiger partial charge on any atom is -0.461 e. The van der Waals surface area contributed by atoms with E-state index in [0.29, 0.717) is 0 Å². The van der Waals surface area contributed by atoms with Crippen LogP contribution in [0.15, 0.2) is 39.7 Å². The fraction of sp³-hybridized carbons (Fsp3) is 0.526. The van der Waals surface area contributed by atoms with E-state index in [1.54, 1.807) is 14.2 Å². The van der Waals surface area contributed by atoms with Gasteiger partial charge in [-0.3, -0.25) is 4.99 Å². The molecule has 0 aliphatic carbocycles. The number of methoxy groups -OCH3 is 1. The second kappa shape index (κ2) is 12.9. The van der Waals surface area contributed by atoms with Crippen molar-refractivity contribution in [1.29, 1.82) is 0 Å². The van der Waals surface area contributed by atoms with Gasteiger partial charge in [-0.05, 0) is 25.6 Å². The maximum Gasteiger partial charge on any atom is 0.191 e. The van der Waals surface area contributed by atoms with Gasteiger partial charge in [0.1, 0.15) is 11.3 Å². The number of fused-ring (bicyclic) bond motifs is 1. The number of ether oxygens (including phenoxy) is 1. The van der Waals surface area contributed by atoms with Gasteiger partial charge in [0.2, 0.25) is 0 Å². The molecule has 0 radical (unpaired) electrons. The third kappa shape index (κ3) is 7.92. The number of nitrogens with one attached hydrogen (secondary N) is 2. The highest BCUT2D eigenvalue weighted by atomic mass is 127. The molecule has 0 fully saturated rings. The maximum absolute atomic E-state index is 5.83. The molecule has 1 aromatic carbocycles. The lowest BCUT2D eigenvalue weighted by Crippen LogP contribution is -2.41. The normalized spacial score (nSPS) is 11.6. The molecule has 2 rings (SSSR count). The first-order valence-corrected chi connectivity index (χ1v) is 8.82. The molecule has 0 aliphatic heterocycles. The maximum atomic E-state index is 5.83. The minimum atomic E-state index is 0. The minimum absolute atomic E-state index is 0. The standard InChI is InChI=1S/C19H30N4O2.HI/c1-20-19(22-11-13-23(2)12-6-14-24-3)21-10-9-17-15-16-7-4-5-8-18(16)25-17;/h4-5,7-8,15H,6,9-14H2,1-3H3,(H2,20,21,22);1H. The van der Waals surface area contributed by atoms with Crippen LogP contribution < -0.4 is 10.6 Å². The summed E-state index contributed by atoms with van der Waals surface area (Å²) in [4.78, 5) is 6.54. The molecular formula is C19H31IN4O2. The molecule has 0 amide bonds. The molecule has 146 valence electrons. The predicted molar refractivity (Wildman–Crippen MR) is 119 cm³/mol. The summed E-state index contributed by atoms with van der Waals surface area (Å²) in [5, 5.41) is 7.82. The number of halogens is 1. The number of guanidine groups is 1. The van der Waals surface area contributed by atoms with Crippen molar-refractivity contribution in [3.8, 4) is 0 Å². The zero-order valence-electron chi connectivity index (χ0n) is 16.0. The van der Waals surface area contributed by atoms with Crippen LogP contribution in [0.2, 0.25) is 0 Å². The van der Waals surface area contributed by atoms with Gasteiger partial charge in [-0.25, -0.2) is 0 Å². The van der Waals surface area contributed by atoms with Gasteiger partial charge in [-0.1, -0.05) is 18.2 Å². The van der Waals surface area contributed by atoms with Gasteiger partial charge < -0.3 is 24.7 Å². The number of para-hydroxylation sites is 1. The first kappa shape index (κ1) is 22.7. The second-order valence-corrected chi connectivity index (χ2v) is 6.08. The van der Waals surface area contributed by atoms with Crippen molar-refractivity contribution in [3.63, 3.8) is 0 Å². The summed E-state index contributed by atoms with van der Waals surface area (Å²) >= 11 is 0. The molecule has 7 heteroatoms. The number of rotatable bonds is 10. The van der Waals surface area contributed by atoms with Crippen molar-refractivity contribution in [1.82, 2.24) is 15.5 Å². The van der Waals surface area contributed by atoms with Crippen LogP contribution in [-0.2, 0) is 11.2 Å². The van der Waals surface area contributed by atoms with E-state index in [9.17, 15) is 0 Å². The summed E-state index contributed by atoms with van der Waals surface area (Å²) in [5.41, 5.74) is 0.941. The SMILES string of the molecule is CN=C(NCCc1cc2ccccc2o1)NCCN(C)CCCOC.I. The van der Waals surface area contributed by atoms with Crippen LogP contribution in [0.1, 0.15) is 12.2 Å². The molecule has 1 aromatic heterocycles. The lowest BCUT2D eigenvalue weighted by molar-refractivity contribution is 0.180. The molecule has 2 N–H and O–H groups in total. The van der Waals surface area contributed by atoms with Gasteiger partial charge in [0.25, 0.3) is 0 Å². The molecule has 0 atom stereocenters. The van der Waals surface area contributed by atoms with E-state index >= 15 is 0 Å². The lowest BCUT2D eigenvalue weighted by atomic mass is 10.2. The lowest BCUT2D eigenvalue weighted by Gasteiger charge is -2.18. The Kier molecular flexibility index (Phi) is 11.3. The van der Waals surface area contributed by atoms with Crippen LogP contribution in [0.4, 0.5) is 0 Å². The highest BCUT2D eigenvalue weighted by Crippen LogP contribution is 2.18. The summed E-state index contributed by atoms with van der Waals surface area (Å²) in [6.07, 6.45) is 1.88. The molecule has 0 saturated heterocycles. The van der Waals surface area contributed by atoms with E-state index in [-0.39, 0.29) is 24.0 Å². The molecule has 0 aliphatic rings. The molecule has 1 heterocycles. The van der Waals surface area contributed by atoms with Crippen molar-refractivity contribution in [3.05, 3.63) is 36.1 Å². The second-order valence-electron chi connectivity index (χ2n) is 6.08. The Morgan fingerprint density at radius 3 is 2.69 bits per heavy atom. The van der Waals surface area contributed by atoms with Crippen LogP contribution in [0.5, 0.6) is 0 Å². The number of furan rings is 1. The van der Waals surface area contributed by atoms with E-state index in [4.69, 9.17) is 9.15 Å². The Balaban J connectivity index is 0.00000338. The Morgan fingerprint density at radius 2 is 1.96 bits per heavy atom. The third-order valence-corrected chi connectivity index (χ3v) is 4.04. The number of nitrogens with zero attached hydrogens (tertiary/aromatic N) is 2. The largest absolute Gasteiger partial charge is 0.461 e. The summed E-state index contributed by atoms with van der Waals surface area (Å²) in [7, 11) is 5.65. The van der Waals surface area contributed by atoms with Crippen LogP contribution >= 0.6 is 24.0 Å². The van der Waals surface area contributed by atoms with E-state index in [1.807, 2.05) is 18.2 Å². The number of hydrogen-bond acceptors (Lipinski definition) is 4.